The van der Waals surface area contributed by atoms with Crippen LogP contribution < -0.4 is 17.0 Å². The SMILES string of the molecule is C[N+]1(C)[C@@H]2CC(OC(=O)C(O)c3ccccc3)C[C@H]1[C@@H]1O[C@@H]12.[Br-]. The van der Waals surface area contributed by atoms with Crippen molar-refractivity contribution in [2.24, 2.45) is 0 Å². The molecule has 2 bridgehead atoms. The molecule has 2 unspecified atom stereocenters. The molecule has 0 radical (unpaired) electrons. The zero-order valence-corrected chi connectivity index (χ0v) is 14.8. The van der Waals surface area contributed by atoms with E-state index in [0.29, 0.717) is 29.9 Å². The van der Waals surface area contributed by atoms with Crippen LogP contribution in [-0.4, -0.2) is 60.0 Å². The first-order chi connectivity index (χ1) is 10.5. The van der Waals surface area contributed by atoms with E-state index >= 15 is 0 Å². The Hall–Kier alpha value is -0.950. The second kappa shape index (κ2) is 5.84. The Morgan fingerprint density at radius 1 is 1.22 bits per heavy atom. The van der Waals surface area contributed by atoms with E-state index in [4.69, 9.17) is 9.47 Å². The second-order valence-electron chi connectivity index (χ2n) is 7.17. The number of ether oxygens (including phenoxy) is 2. The third kappa shape index (κ3) is 2.71. The fourth-order valence-electron chi connectivity index (χ4n) is 4.30. The van der Waals surface area contributed by atoms with Gasteiger partial charge >= 0.3 is 5.97 Å². The largest absolute Gasteiger partial charge is 1.00 e. The van der Waals surface area contributed by atoms with Crippen LogP contribution in [0.15, 0.2) is 30.3 Å². The molecule has 0 aromatic heterocycles. The van der Waals surface area contributed by atoms with Crippen molar-refractivity contribution >= 4 is 5.97 Å². The molecule has 23 heavy (non-hydrogen) atoms. The summed E-state index contributed by atoms with van der Waals surface area (Å²) in [5.41, 5.74) is 0.577. The van der Waals surface area contributed by atoms with Crippen LogP contribution in [0.2, 0.25) is 0 Å². The number of carbonyl (C=O) groups is 1. The number of fused-ring (bicyclic) bond motifs is 5. The first-order valence-electron chi connectivity index (χ1n) is 7.91. The summed E-state index contributed by atoms with van der Waals surface area (Å²) in [6, 6.07) is 9.73. The van der Waals surface area contributed by atoms with Crippen LogP contribution in [0.3, 0.4) is 0 Å². The molecule has 0 spiro atoms. The molecule has 3 heterocycles. The van der Waals surface area contributed by atoms with Gasteiger partial charge in [-0.3, -0.25) is 0 Å². The second-order valence-corrected chi connectivity index (χ2v) is 7.17. The highest BCUT2D eigenvalue weighted by molar-refractivity contribution is 5.76. The van der Waals surface area contributed by atoms with E-state index in [9.17, 15) is 9.90 Å². The number of hydrogen-bond acceptors (Lipinski definition) is 4. The number of morpholine rings is 1. The number of halogens is 1. The molecular formula is C17H22BrNO4. The number of nitrogens with zero attached hydrogens (tertiary/aromatic N) is 1. The molecule has 0 amide bonds. The summed E-state index contributed by atoms with van der Waals surface area (Å²) < 4.78 is 12.3. The number of aliphatic hydroxyl groups is 1. The zero-order chi connectivity index (χ0) is 15.5. The lowest BCUT2D eigenvalue weighted by atomic mass is 9.96. The van der Waals surface area contributed by atoms with Crippen molar-refractivity contribution in [1.82, 2.24) is 0 Å². The molecule has 3 aliphatic rings. The quantitative estimate of drug-likeness (QED) is 0.373. The topological polar surface area (TPSA) is 59.1 Å². The van der Waals surface area contributed by atoms with Crippen molar-refractivity contribution in [3.63, 3.8) is 0 Å². The number of benzene rings is 1. The third-order valence-corrected chi connectivity index (χ3v) is 5.66. The van der Waals surface area contributed by atoms with E-state index < -0.39 is 12.1 Å². The monoisotopic (exact) mass is 383 g/mol. The summed E-state index contributed by atoms with van der Waals surface area (Å²) in [6.07, 6.45) is 0.999. The Balaban J connectivity index is 0.00000156. The minimum atomic E-state index is -1.20. The Morgan fingerprint density at radius 2 is 1.78 bits per heavy atom. The van der Waals surface area contributed by atoms with Gasteiger partial charge in [-0.1, -0.05) is 30.3 Å². The highest BCUT2D eigenvalue weighted by Gasteiger charge is 2.70. The summed E-state index contributed by atoms with van der Waals surface area (Å²) in [5.74, 6) is -0.544. The molecule has 6 heteroatoms. The van der Waals surface area contributed by atoms with Crippen molar-refractivity contribution < 1.29 is 40.8 Å². The van der Waals surface area contributed by atoms with E-state index in [2.05, 4.69) is 14.1 Å². The number of aliphatic hydroxyl groups excluding tert-OH is 1. The van der Waals surface area contributed by atoms with E-state index in [-0.39, 0.29) is 23.1 Å². The van der Waals surface area contributed by atoms with Gasteiger partial charge in [-0.05, 0) is 5.56 Å². The maximum atomic E-state index is 12.2. The Kier molecular flexibility index (Phi) is 4.29. The lowest BCUT2D eigenvalue weighted by molar-refractivity contribution is -0.938. The van der Waals surface area contributed by atoms with E-state index in [1.807, 2.05) is 6.07 Å². The van der Waals surface area contributed by atoms with Crippen molar-refractivity contribution in [2.75, 3.05) is 14.1 Å². The van der Waals surface area contributed by atoms with Gasteiger partial charge in [-0.15, -0.1) is 0 Å². The first kappa shape index (κ1) is 16.9. The van der Waals surface area contributed by atoms with Crippen LogP contribution in [0.4, 0.5) is 0 Å². The number of carbonyl (C=O) groups excluding carboxylic acids is 1. The minimum Gasteiger partial charge on any atom is -1.00 e. The van der Waals surface area contributed by atoms with Gasteiger partial charge in [0, 0.05) is 12.8 Å². The molecule has 1 aromatic rings. The van der Waals surface area contributed by atoms with E-state index in [0.717, 1.165) is 17.3 Å². The van der Waals surface area contributed by atoms with Crippen LogP contribution in [0.5, 0.6) is 0 Å². The van der Waals surface area contributed by atoms with Crippen LogP contribution in [0.1, 0.15) is 24.5 Å². The fourth-order valence-corrected chi connectivity index (χ4v) is 4.30. The maximum Gasteiger partial charge on any atom is 0.339 e. The number of esters is 1. The Morgan fingerprint density at radius 3 is 2.35 bits per heavy atom. The van der Waals surface area contributed by atoms with Gasteiger partial charge < -0.3 is 36.0 Å². The molecule has 1 N–H and O–H groups in total. The number of piperidine rings is 1. The average molecular weight is 384 g/mol. The Labute approximate surface area is 146 Å². The highest BCUT2D eigenvalue weighted by Crippen LogP contribution is 2.51. The van der Waals surface area contributed by atoms with Crippen molar-refractivity contribution in [1.29, 1.82) is 0 Å². The third-order valence-electron chi connectivity index (χ3n) is 5.66. The fraction of sp³-hybridized carbons (Fsp3) is 0.588. The average Bonchev–Trinajstić information content (AvgIpc) is 3.25. The number of rotatable bonds is 3. The summed E-state index contributed by atoms with van der Waals surface area (Å²) in [6.45, 7) is 0. The smallest absolute Gasteiger partial charge is 0.339 e. The lowest BCUT2D eigenvalue weighted by Gasteiger charge is -2.45. The number of hydrogen-bond donors (Lipinski definition) is 1. The molecular weight excluding hydrogens is 362 g/mol. The van der Waals surface area contributed by atoms with E-state index in [1.165, 1.54) is 0 Å². The van der Waals surface area contributed by atoms with Crippen LogP contribution in [-0.2, 0) is 14.3 Å². The summed E-state index contributed by atoms with van der Waals surface area (Å²) in [4.78, 5) is 12.2. The van der Waals surface area contributed by atoms with Crippen molar-refractivity contribution in [3.8, 4) is 0 Å². The van der Waals surface area contributed by atoms with Gasteiger partial charge in [-0.25, -0.2) is 4.79 Å². The lowest BCUT2D eigenvalue weighted by Crippen LogP contribution is -3.00. The molecule has 1 aromatic carbocycles. The number of likely N-dealkylation sites (N-methyl/N-ethyl adjacent to an activating group) is 1. The number of epoxide rings is 1. The predicted octanol–water partition coefficient (Wildman–Crippen LogP) is -1.98. The normalized spacial score (nSPS) is 37.3. The van der Waals surface area contributed by atoms with Crippen LogP contribution >= 0.6 is 0 Å². The molecule has 3 fully saturated rings. The molecule has 6 atom stereocenters. The van der Waals surface area contributed by atoms with E-state index in [1.54, 1.807) is 24.3 Å². The zero-order valence-electron chi connectivity index (χ0n) is 13.3. The molecule has 3 aliphatic heterocycles. The predicted molar refractivity (Wildman–Crippen MR) is 78.9 cm³/mol. The van der Waals surface area contributed by atoms with Crippen molar-refractivity contribution in [2.45, 2.75) is 49.3 Å². The van der Waals surface area contributed by atoms with Crippen LogP contribution in [0.25, 0.3) is 0 Å². The van der Waals surface area contributed by atoms with Gasteiger partial charge in [0.1, 0.15) is 30.4 Å². The van der Waals surface area contributed by atoms with Crippen molar-refractivity contribution in [3.05, 3.63) is 35.9 Å². The minimum absolute atomic E-state index is 0. The summed E-state index contributed by atoms with van der Waals surface area (Å²) in [5, 5.41) is 10.1. The van der Waals surface area contributed by atoms with Gasteiger partial charge in [0.15, 0.2) is 6.10 Å². The Bertz CT molecular complexity index is 574. The number of quaternary nitrogens is 1. The highest BCUT2D eigenvalue weighted by atomic mass is 79.9. The molecule has 5 nitrogen and oxygen atoms in total. The standard InChI is InChI=1S/C17H22NO4.BrH/c1-18(2)12-8-11(9-13(18)16-15(12)22-16)21-17(20)14(19)10-6-4-3-5-7-10;/h3-7,11-16,19H,8-9H2,1-2H3;1H/q+1;/p-1/t11?,12-,13+,14?,15-,16+;. The first-order valence-corrected chi connectivity index (χ1v) is 7.91. The summed E-state index contributed by atoms with van der Waals surface area (Å²) >= 11 is 0. The van der Waals surface area contributed by atoms with Crippen LogP contribution in [0, 0.1) is 0 Å². The van der Waals surface area contributed by atoms with Gasteiger partial charge in [-0.2, -0.15) is 0 Å². The van der Waals surface area contributed by atoms with Gasteiger partial charge in [0.25, 0.3) is 0 Å². The molecule has 0 aliphatic carbocycles. The molecule has 3 saturated heterocycles. The molecule has 4 rings (SSSR count). The maximum absolute atomic E-state index is 12.2. The van der Waals surface area contributed by atoms with Gasteiger partial charge in [0.2, 0.25) is 0 Å². The van der Waals surface area contributed by atoms with Gasteiger partial charge in [0.05, 0.1) is 14.1 Å². The summed E-state index contributed by atoms with van der Waals surface area (Å²) in [7, 11) is 4.48. The molecule has 126 valence electrons. The molecule has 0 saturated carbocycles.